The monoisotopic (exact) mass is 482 g/mol. The molecular formula is C27H26N6O3. The number of pyridine rings is 1. The molecule has 1 aromatic carbocycles. The number of ether oxygens (including phenoxy) is 1. The predicted molar refractivity (Wildman–Crippen MR) is 136 cm³/mol. The van der Waals surface area contributed by atoms with Gasteiger partial charge in [0.1, 0.15) is 11.6 Å². The van der Waals surface area contributed by atoms with E-state index in [0.717, 1.165) is 49.2 Å². The molecule has 0 aliphatic carbocycles. The molecule has 0 amide bonds. The van der Waals surface area contributed by atoms with Crippen LogP contribution >= 0.6 is 0 Å². The lowest BCUT2D eigenvalue weighted by molar-refractivity contribution is 0.0696. The molecule has 1 aliphatic heterocycles. The van der Waals surface area contributed by atoms with Crippen LogP contribution in [0.15, 0.2) is 54.9 Å². The third-order valence-electron chi connectivity index (χ3n) is 6.30. The fourth-order valence-electron chi connectivity index (χ4n) is 4.58. The zero-order valence-electron chi connectivity index (χ0n) is 19.9. The number of imidazole rings is 1. The van der Waals surface area contributed by atoms with Crippen molar-refractivity contribution in [3.63, 3.8) is 0 Å². The highest BCUT2D eigenvalue weighted by Gasteiger charge is 2.26. The number of nitrogens with zero attached hydrogens (tertiary/aromatic N) is 5. The topological polar surface area (TPSA) is 119 Å². The summed E-state index contributed by atoms with van der Waals surface area (Å²) in [5.74, 6) is 7.22. The van der Waals surface area contributed by atoms with E-state index < -0.39 is 5.97 Å². The minimum absolute atomic E-state index is 0.110. The van der Waals surface area contributed by atoms with E-state index in [-0.39, 0.29) is 17.4 Å². The SMILES string of the molecule is CC#CCN1CCCC(c2nc(-c3ccc(Oc4cc(C(=O)O)ccn4)cc3)n3c(N)nccc23)C1. The zero-order valence-corrected chi connectivity index (χ0v) is 19.9. The highest BCUT2D eigenvalue weighted by Crippen LogP contribution is 2.34. The van der Waals surface area contributed by atoms with Gasteiger partial charge in [-0.2, -0.15) is 0 Å². The third kappa shape index (κ3) is 4.72. The maximum atomic E-state index is 11.2. The Bertz CT molecular complexity index is 1470. The molecule has 3 N–H and O–H groups in total. The lowest BCUT2D eigenvalue weighted by atomic mass is 9.94. The number of fused-ring (bicyclic) bond motifs is 1. The van der Waals surface area contributed by atoms with Gasteiger partial charge in [0.05, 0.1) is 23.3 Å². The Morgan fingerprint density at radius 2 is 2.00 bits per heavy atom. The number of likely N-dealkylation sites (tertiary alicyclic amines) is 1. The van der Waals surface area contributed by atoms with Crippen LogP contribution in [-0.4, -0.2) is 55.0 Å². The van der Waals surface area contributed by atoms with Gasteiger partial charge >= 0.3 is 5.97 Å². The van der Waals surface area contributed by atoms with Crippen molar-refractivity contribution < 1.29 is 14.6 Å². The van der Waals surface area contributed by atoms with Crippen molar-refractivity contribution in [1.29, 1.82) is 0 Å². The van der Waals surface area contributed by atoms with Crippen LogP contribution < -0.4 is 10.5 Å². The van der Waals surface area contributed by atoms with Gasteiger partial charge in [0.2, 0.25) is 11.8 Å². The highest BCUT2D eigenvalue weighted by molar-refractivity contribution is 5.87. The Balaban J connectivity index is 1.45. The number of carboxylic acid groups (broad SMARTS) is 1. The fraction of sp³-hybridized carbons (Fsp3) is 0.259. The fourth-order valence-corrected chi connectivity index (χ4v) is 4.58. The molecule has 1 unspecified atom stereocenters. The van der Waals surface area contributed by atoms with Gasteiger partial charge in [-0.05, 0) is 62.7 Å². The summed E-state index contributed by atoms with van der Waals surface area (Å²) in [6, 6.07) is 12.1. The second-order valence-electron chi connectivity index (χ2n) is 8.66. The molecule has 1 fully saturated rings. The number of carbonyl (C=O) groups is 1. The molecule has 1 aliphatic rings. The van der Waals surface area contributed by atoms with Gasteiger partial charge in [-0.15, -0.1) is 5.92 Å². The van der Waals surface area contributed by atoms with Crippen LogP contribution in [0.1, 0.15) is 41.7 Å². The number of hydrogen-bond donors (Lipinski definition) is 2. The van der Waals surface area contributed by atoms with Crippen LogP contribution in [0.3, 0.4) is 0 Å². The maximum Gasteiger partial charge on any atom is 0.335 e. The Kier molecular flexibility index (Phi) is 6.52. The van der Waals surface area contributed by atoms with Crippen molar-refractivity contribution in [2.75, 3.05) is 25.4 Å². The second kappa shape index (κ2) is 10.1. The number of benzene rings is 1. The third-order valence-corrected chi connectivity index (χ3v) is 6.30. The van der Waals surface area contributed by atoms with Crippen LogP contribution in [-0.2, 0) is 0 Å². The van der Waals surface area contributed by atoms with Gasteiger partial charge in [0, 0.05) is 36.5 Å². The van der Waals surface area contributed by atoms with Crippen molar-refractivity contribution in [2.45, 2.75) is 25.7 Å². The van der Waals surface area contributed by atoms with E-state index in [1.807, 2.05) is 29.5 Å². The number of aromatic carboxylic acids is 1. The summed E-state index contributed by atoms with van der Waals surface area (Å²) in [5.41, 5.74) is 9.25. The number of carboxylic acids is 1. The number of rotatable bonds is 6. The minimum atomic E-state index is -1.04. The van der Waals surface area contributed by atoms with Crippen LogP contribution in [0.25, 0.3) is 16.9 Å². The first kappa shape index (κ1) is 23.3. The number of nitrogens with two attached hydrogens (primary N) is 1. The number of piperidine rings is 1. The Morgan fingerprint density at radius 3 is 2.78 bits per heavy atom. The Morgan fingerprint density at radius 1 is 1.19 bits per heavy atom. The van der Waals surface area contributed by atoms with Crippen molar-refractivity contribution in [3.05, 3.63) is 66.1 Å². The average molecular weight is 483 g/mol. The van der Waals surface area contributed by atoms with E-state index in [0.29, 0.717) is 17.5 Å². The van der Waals surface area contributed by atoms with Gasteiger partial charge in [-0.3, -0.25) is 9.30 Å². The molecule has 9 nitrogen and oxygen atoms in total. The summed E-state index contributed by atoms with van der Waals surface area (Å²) in [6.07, 6.45) is 5.27. The normalized spacial score (nSPS) is 15.9. The van der Waals surface area contributed by atoms with Gasteiger partial charge in [0.15, 0.2) is 0 Å². The van der Waals surface area contributed by atoms with Crippen molar-refractivity contribution >= 4 is 17.4 Å². The van der Waals surface area contributed by atoms with E-state index in [9.17, 15) is 9.90 Å². The zero-order chi connectivity index (χ0) is 25.1. The lowest BCUT2D eigenvalue weighted by Crippen LogP contribution is -2.34. The van der Waals surface area contributed by atoms with Gasteiger partial charge < -0.3 is 15.6 Å². The molecule has 1 saturated heterocycles. The van der Waals surface area contributed by atoms with Crippen LogP contribution in [0, 0.1) is 11.8 Å². The Hall–Kier alpha value is -4.42. The molecule has 4 aromatic rings. The minimum Gasteiger partial charge on any atom is -0.478 e. The molecule has 3 aromatic heterocycles. The standard InChI is InChI=1S/C27H26N6O3/c1-2-3-14-32-15-4-5-20(17-32)24-22-11-13-30-27(28)33(22)25(31-24)18-6-8-21(9-7-18)36-23-16-19(26(34)35)10-12-29-23/h6-13,16,20H,4-5,14-15,17H2,1H3,(H2,28,30)(H,34,35). The van der Waals surface area contributed by atoms with E-state index in [2.05, 4.69) is 26.7 Å². The van der Waals surface area contributed by atoms with E-state index in [4.69, 9.17) is 15.5 Å². The quantitative estimate of drug-likeness (QED) is 0.395. The smallest absolute Gasteiger partial charge is 0.335 e. The van der Waals surface area contributed by atoms with E-state index >= 15 is 0 Å². The summed E-state index contributed by atoms with van der Waals surface area (Å²) < 4.78 is 7.66. The summed E-state index contributed by atoms with van der Waals surface area (Å²) >= 11 is 0. The first-order valence-corrected chi connectivity index (χ1v) is 11.8. The Labute approximate surface area is 208 Å². The molecule has 0 saturated carbocycles. The van der Waals surface area contributed by atoms with Gasteiger partial charge in [0.25, 0.3) is 0 Å². The van der Waals surface area contributed by atoms with Crippen LogP contribution in [0.5, 0.6) is 11.6 Å². The molecule has 1 atom stereocenters. The molecule has 36 heavy (non-hydrogen) atoms. The molecular weight excluding hydrogens is 456 g/mol. The molecule has 0 radical (unpaired) electrons. The summed E-state index contributed by atoms with van der Waals surface area (Å²) in [6.45, 7) is 4.57. The van der Waals surface area contributed by atoms with Crippen molar-refractivity contribution in [1.82, 2.24) is 24.3 Å². The maximum absolute atomic E-state index is 11.2. The van der Waals surface area contributed by atoms with Gasteiger partial charge in [-0.1, -0.05) is 5.92 Å². The summed E-state index contributed by atoms with van der Waals surface area (Å²) in [7, 11) is 0. The van der Waals surface area contributed by atoms with Gasteiger partial charge in [-0.25, -0.2) is 19.7 Å². The van der Waals surface area contributed by atoms with Crippen molar-refractivity contribution in [2.24, 2.45) is 0 Å². The molecule has 182 valence electrons. The predicted octanol–water partition coefficient (Wildman–Crippen LogP) is 4.07. The lowest BCUT2D eigenvalue weighted by Gasteiger charge is -2.30. The number of hydrogen-bond acceptors (Lipinski definition) is 7. The largest absolute Gasteiger partial charge is 0.478 e. The highest BCUT2D eigenvalue weighted by atomic mass is 16.5. The molecule has 5 rings (SSSR count). The first-order chi connectivity index (χ1) is 17.5. The summed E-state index contributed by atoms with van der Waals surface area (Å²) in [4.78, 5) is 27.0. The number of aromatic nitrogens is 4. The second-order valence-corrected chi connectivity index (χ2v) is 8.66. The number of nitrogen functional groups attached to an aromatic ring is 1. The summed E-state index contributed by atoms with van der Waals surface area (Å²) in [5, 5.41) is 9.18. The van der Waals surface area contributed by atoms with Crippen LogP contribution in [0.4, 0.5) is 5.95 Å². The van der Waals surface area contributed by atoms with Crippen molar-refractivity contribution in [3.8, 4) is 34.9 Å². The van der Waals surface area contributed by atoms with Crippen LogP contribution in [0.2, 0.25) is 0 Å². The van der Waals surface area contributed by atoms with E-state index in [1.165, 1.54) is 18.3 Å². The molecule has 0 spiro atoms. The average Bonchev–Trinajstić information content (AvgIpc) is 3.29. The van der Waals surface area contributed by atoms with E-state index in [1.54, 1.807) is 18.3 Å². The molecule has 4 heterocycles. The number of anilines is 1. The molecule has 9 heteroatoms. The first-order valence-electron chi connectivity index (χ1n) is 11.8. The molecule has 0 bridgehead atoms.